The summed E-state index contributed by atoms with van der Waals surface area (Å²) < 4.78 is 4.85. The van der Waals surface area contributed by atoms with E-state index in [1.807, 2.05) is 11.8 Å². The standard InChI is InChI=1S/C10H20N2O2S/c1-14-5-4-11-10(13)7-12-9-3-2-6-15-8-9/h9,12H,2-8H2,1H3,(H,11,13). The number of carbonyl (C=O) groups excluding carboxylic acids is 1. The van der Waals surface area contributed by atoms with Crippen molar-refractivity contribution in [3.05, 3.63) is 0 Å². The zero-order valence-corrected chi connectivity index (χ0v) is 10.1. The van der Waals surface area contributed by atoms with Gasteiger partial charge in [-0.25, -0.2) is 0 Å². The maximum absolute atomic E-state index is 11.3. The molecule has 0 aromatic heterocycles. The SMILES string of the molecule is COCCNC(=O)CNC1CCCSC1. The average molecular weight is 232 g/mol. The quantitative estimate of drug-likeness (QED) is 0.644. The summed E-state index contributed by atoms with van der Waals surface area (Å²) in [6.45, 7) is 1.59. The number of methoxy groups -OCH3 is 1. The first-order chi connectivity index (χ1) is 7.33. The van der Waals surface area contributed by atoms with Gasteiger partial charge in [0.1, 0.15) is 0 Å². The molecule has 0 bridgehead atoms. The third-order valence-electron chi connectivity index (χ3n) is 2.34. The molecule has 0 radical (unpaired) electrons. The van der Waals surface area contributed by atoms with Crippen molar-refractivity contribution in [1.29, 1.82) is 0 Å². The number of ether oxygens (including phenoxy) is 1. The fourth-order valence-corrected chi connectivity index (χ4v) is 2.60. The van der Waals surface area contributed by atoms with E-state index < -0.39 is 0 Å². The lowest BCUT2D eigenvalue weighted by Crippen LogP contribution is -2.42. The van der Waals surface area contributed by atoms with E-state index >= 15 is 0 Å². The Balaban J connectivity index is 2.00. The molecule has 4 nitrogen and oxygen atoms in total. The number of hydrogen-bond donors (Lipinski definition) is 2. The second-order valence-corrected chi connectivity index (χ2v) is 4.79. The Morgan fingerprint density at radius 1 is 1.60 bits per heavy atom. The van der Waals surface area contributed by atoms with E-state index in [-0.39, 0.29) is 5.91 Å². The van der Waals surface area contributed by atoms with E-state index in [1.165, 1.54) is 18.6 Å². The smallest absolute Gasteiger partial charge is 0.234 e. The van der Waals surface area contributed by atoms with E-state index in [4.69, 9.17) is 4.74 Å². The summed E-state index contributed by atoms with van der Waals surface area (Å²) in [7, 11) is 1.63. The van der Waals surface area contributed by atoms with Gasteiger partial charge in [0.25, 0.3) is 0 Å². The van der Waals surface area contributed by atoms with Crippen LogP contribution < -0.4 is 10.6 Å². The van der Waals surface area contributed by atoms with Crippen LogP contribution in [0.5, 0.6) is 0 Å². The highest BCUT2D eigenvalue weighted by molar-refractivity contribution is 7.99. The molecule has 15 heavy (non-hydrogen) atoms. The molecule has 0 aromatic rings. The fourth-order valence-electron chi connectivity index (χ4n) is 1.49. The fraction of sp³-hybridized carbons (Fsp3) is 0.900. The van der Waals surface area contributed by atoms with Crippen LogP contribution in [0, 0.1) is 0 Å². The lowest BCUT2D eigenvalue weighted by molar-refractivity contribution is -0.120. The van der Waals surface area contributed by atoms with Crippen LogP contribution in [0.2, 0.25) is 0 Å². The van der Waals surface area contributed by atoms with Gasteiger partial charge >= 0.3 is 0 Å². The minimum atomic E-state index is 0.0580. The summed E-state index contributed by atoms with van der Waals surface area (Å²) in [4.78, 5) is 11.3. The Morgan fingerprint density at radius 3 is 3.13 bits per heavy atom. The molecule has 0 spiro atoms. The maximum atomic E-state index is 11.3. The minimum absolute atomic E-state index is 0.0580. The second kappa shape index (κ2) is 7.96. The molecule has 0 saturated carbocycles. The molecule has 1 unspecified atom stereocenters. The number of nitrogens with one attached hydrogen (secondary N) is 2. The van der Waals surface area contributed by atoms with Gasteiger partial charge in [0.05, 0.1) is 13.2 Å². The third-order valence-corrected chi connectivity index (χ3v) is 3.56. The summed E-state index contributed by atoms with van der Waals surface area (Å²) in [5, 5.41) is 6.06. The van der Waals surface area contributed by atoms with E-state index in [9.17, 15) is 4.79 Å². The molecule has 5 heteroatoms. The van der Waals surface area contributed by atoms with Gasteiger partial charge < -0.3 is 15.4 Å². The molecular formula is C10H20N2O2S. The summed E-state index contributed by atoms with van der Waals surface area (Å²) in [5.74, 6) is 2.45. The van der Waals surface area contributed by atoms with Crippen molar-refractivity contribution in [2.45, 2.75) is 18.9 Å². The van der Waals surface area contributed by atoms with Gasteiger partial charge in [-0.05, 0) is 18.6 Å². The highest BCUT2D eigenvalue weighted by atomic mass is 32.2. The van der Waals surface area contributed by atoms with Crippen LogP contribution in [0.4, 0.5) is 0 Å². The monoisotopic (exact) mass is 232 g/mol. The Bertz CT molecular complexity index is 184. The van der Waals surface area contributed by atoms with Gasteiger partial charge in [-0.15, -0.1) is 0 Å². The molecule has 0 aromatic carbocycles. The van der Waals surface area contributed by atoms with Gasteiger partial charge in [-0.1, -0.05) is 0 Å². The van der Waals surface area contributed by atoms with Gasteiger partial charge in [-0.2, -0.15) is 11.8 Å². The zero-order chi connectivity index (χ0) is 10.9. The molecule has 1 aliphatic heterocycles. The molecule has 1 atom stereocenters. The Labute approximate surface area is 95.5 Å². The summed E-state index contributed by atoms with van der Waals surface area (Å²) >= 11 is 1.96. The summed E-state index contributed by atoms with van der Waals surface area (Å²) in [5.41, 5.74) is 0. The Kier molecular flexibility index (Phi) is 6.80. The van der Waals surface area contributed by atoms with Crippen LogP contribution in [0.25, 0.3) is 0 Å². The molecule has 88 valence electrons. The lowest BCUT2D eigenvalue weighted by atomic mass is 10.2. The van der Waals surface area contributed by atoms with Crippen molar-refractivity contribution in [1.82, 2.24) is 10.6 Å². The first kappa shape index (κ1) is 12.8. The van der Waals surface area contributed by atoms with E-state index in [0.717, 1.165) is 5.75 Å². The van der Waals surface area contributed by atoms with Crippen LogP contribution in [0.1, 0.15) is 12.8 Å². The largest absolute Gasteiger partial charge is 0.383 e. The van der Waals surface area contributed by atoms with Crippen LogP contribution in [0.15, 0.2) is 0 Å². The average Bonchev–Trinajstić information content (AvgIpc) is 2.28. The highest BCUT2D eigenvalue weighted by Gasteiger charge is 2.13. The molecule has 2 N–H and O–H groups in total. The van der Waals surface area contributed by atoms with Gasteiger partial charge in [0.2, 0.25) is 5.91 Å². The lowest BCUT2D eigenvalue weighted by Gasteiger charge is -2.22. The van der Waals surface area contributed by atoms with Crippen molar-refractivity contribution in [2.24, 2.45) is 0 Å². The topological polar surface area (TPSA) is 50.4 Å². The molecule has 1 heterocycles. The molecule has 1 saturated heterocycles. The zero-order valence-electron chi connectivity index (χ0n) is 9.25. The third kappa shape index (κ3) is 6.02. The Morgan fingerprint density at radius 2 is 2.47 bits per heavy atom. The van der Waals surface area contributed by atoms with Crippen molar-refractivity contribution < 1.29 is 9.53 Å². The first-order valence-electron chi connectivity index (χ1n) is 5.39. The number of carbonyl (C=O) groups is 1. The maximum Gasteiger partial charge on any atom is 0.234 e. The molecule has 1 rings (SSSR count). The minimum Gasteiger partial charge on any atom is -0.383 e. The number of hydrogen-bond acceptors (Lipinski definition) is 4. The highest BCUT2D eigenvalue weighted by Crippen LogP contribution is 2.16. The number of amides is 1. The van der Waals surface area contributed by atoms with Crippen LogP contribution in [-0.2, 0) is 9.53 Å². The van der Waals surface area contributed by atoms with Gasteiger partial charge in [0.15, 0.2) is 0 Å². The normalized spacial score (nSPS) is 21.3. The van der Waals surface area contributed by atoms with E-state index in [1.54, 1.807) is 7.11 Å². The molecule has 1 amide bonds. The molecular weight excluding hydrogens is 212 g/mol. The summed E-state index contributed by atoms with van der Waals surface area (Å²) in [6.07, 6.45) is 2.45. The van der Waals surface area contributed by atoms with E-state index in [2.05, 4.69) is 10.6 Å². The van der Waals surface area contributed by atoms with Crippen LogP contribution >= 0.6 is 11.8 Å². The van der Waals surface area contributed by atoms with E-state index in [0.29, 0.717) is 25.7 Å². The molecule has 0 aliphatic carbocycles. The van der Waals surface area contributed by atoms with Crippen molar-refractivity contribution in [3.8, 4) is 0 Å². The number of thioether (sulfide) groups is 1. The Hall–Kier alpha value is -0.260. The second-order valence-electron chi connectivity index (χ2n) is 3.64. The predicted octanol–water partition coefficient (Wildman–Crippen LogP) is 0.234. The summed E-state index contributed by atoms with van der Waals surface area (Å²) in [6, 6.07) is 0.511. The predicted molar refractivity (Wildman–Crippen MR) is 63.2 cm³/mol. The van der Waals surface area contributed by atoms with Crippen molar-refractivity contribution >= 4 is 17.7 Å². The van der Waals surface area contributed by atoms with Crippen LogP contribution in [-0.4, -0.2) is 50.3 Å². The molecule has 1 aliphatic rings. The first-order valence-corrected chi connectivity index (χ1v) is 6.55. The van der Waals surface area contributed by atoms with Crippen LogP contribution in [0.3, 0.4) is 0 Å². The van der Waals surface area contributed by atoms with Crippen molar-refractivity contribution in [2.75, 3.05) is 38.3 Å². The van der Waals surface area contributed by atoms with Gasteiger partial charge in [0, 0.05) is 25.4 Å². The van der Waals surface area contributed by atoms with Gasteiger partial charge in [-0.3, -0.25) is 4.79 Å². The van der Waals surface area contributed by atoms with Crippen molar-refractivity contribution in [3.63, 3.8) is 0 Å². The molecule has 1 fully saturated rings. The number of rotatable bonds is 6.